The monoisotopic (exact) mass is 373 g/mol. The molecule has 1 aromatic carbocycles. The Kier molecular flexibility index (Phi) is 5.80. The van der Waals surface area contributed by atoms with Crippen LogP contribution in [0.3, 0.4) is 0 Å². The lowest BCUT2D eigenvalue weighted by Crippen LogP contribution is -2.26. The Balaban J connectivity index is 0.00000261. The Morgan fingerprint density at radius 2 is 1.63 bits per heavy atom. The van der Waals surface area contributed by atoms with Gasteiger partial charge in [0.2, 0.25) is 5.75 Å². The van der Waals surface area contributed by atoms with Crippen LogP contribution in [-0.2, 0) is 0 Å². The van der Waals surface area contributed by atoms with Crippen molar-refractivity contribution in [2.24, 2.45) is 0 Å². The van der Waals surface area contributed by atoms with Gasteiger partial charge in [-0.3, -0.25) is 0 Å². The third-order valence-electron chi connectivity index (χ3n) is 3.85. The van der Waals surface area contributed by atoms with Gasteiger partial charge in [-0.15, -0.1) is 0 Å². The number of methoxy groups -OCH3 is 3. The highest BCUT2D eigenvalue weighted by molar-refractivity contribution is 5.80. The largest absolute Gasteiger partial charge is 0.493 e. The van der Waals surface area contributed by atoms with Gasteiger partial charge in [-0.2, -0.15) is 5.10 Å². The molecule has 0 saturated carbocycles. The van der Waals surface area contributed by atoms with Crippen LogP contribution in [0.15, 0.2) is 30.6 Å². The Hall–Kier alpha value is -3.00. The predicted octanol–water partition coefficient (Wildman–Crippen LogP) is 3.79. The van der Waals surface area contributed by atoms with Crippen LogP contribution in [0, 0.1) is 0 Å². The zero-order valence-corrected chi connectivity index (χ0v) is 16.7. The van der Waals surface area contributed by atoms with Crippen LogP contribution in [0.2, 0.25) is 0 Å². The van der Waals surface area contributed by atoms with Crippen LogP contribution in [0.25, 0.3) is 16.8 Å². The summed E-state index contributed by atoms with van der Waals surface area (Å²) in [7, 11) is 4.78. The molecular weight excluding hydrogens is 346 g/mol. The molecule has 4 N–H and O–H groups in total. The lowest BCUT2D eigenvalue weighted by molar-refractivity contribution is 0.324. The van der Waals surface area contributed by atoms with E-state index in [2.05, 4.69) is 31.2 Å². The fourth-order valence-electron chi connectivity index (χ4n) is 2.76. The first-order valence-corrected chi connectivity index (χ1v) is 8.29. The SMILES string of the molecule is COc1cc(-c2cnn3ccc(NC(C)(C)C)nc23)cc(OC)c1OC.N. The van der Waals surface area contributed by atoms with E-state index in [1.807, 2.05) is 24.4 Å². The normalized spacial score (nSPS) is 11.0. The fourth-order valence-corrected chi connectivity index (χ4v) is 2.76. The molecular formula is C19H27N5O3. The van der Waals surface area contributed by atoms with E-state index in [0.29, 0.717) is 17.2 Å². The maximum atomic E-state index is 5.45. The van der Waals surface area contributed by atoms with Gasteiger partial charge in [-0.05, 0) is 44.5 Å². The number of nitrogens with zero attached hydrogens (tertiary/aromatic N) is 3. The molecule has 0 bridgehead atoms. The summed E-state index contributed by atoms with van der Waals surface area (Å²) in [6.07, 6.45) is 3.67. The summed E-state index contributed by atoms with van der Waals surface area (Å²) in [5.41, 5.74) is 2.42. The highest BCUT2D eigenvalue weighted by atomic mass is 16.5. The molecule has 0 aliphatic rings. The van der Waals surface area contributed by atoms with Gasteiger partial charge in [0, 0.05) is 17.3 Å². The summed E-state index contributed by atoms with van der Waals surface area (Å²) in [4.78, 5) is 4.73. The van der Waals surface area contributed by atoms with Crippen LogP contribution in [-0.4, -0.2) is 41.5 Å². The molecule has 146 valence electrons. The Bertz CT molecular complexity index is 906. The molecule has 8 heteroatoms. The summed E-state index contributed by atoms with van der Waals surface area (Å²) in [6.45, 7) is 6.28. The van der Waals surface area contributed by atoms with Crippen molar-refractivity contribution >= 4 is 11.5 Å². The molecule has 0 atom stereocenters. The molecule has 2 heterocycles. The summed E-state index contributed by atoms with van der Waals surface area (Å²) >= 11 is 0. The number of ether oxygens (including phenoxy) is 3. The van der Waals surface area contributed by atoms with E-state index in [9.17, 15) is 0 Å². The Morgan fingerprint density at radius 1 is 1.00 bits per heavy atom. The molecule has 8 nitrogen and oxygen atoms in total. The molecule has 0 amide bonds. The van der Waals surface area contributed by atoms with Gasteiger partial charge in [0.25, 0.3) is 0 Å². The van der Waals surface area contributed by atoms with Crippen molar-refractivity contribution < 1.29 is 14.2 Å². The average Bonchev–Trinajstić information content (AvgIpc) is 3.02. The molecule has 0 spiro atoms. The van der Waals surface area contributed by atoms with Crippen molar-refractivity contribution in [3.05, 3.63) is 30.6 Å². The number of benzene rings is 1. The maximum Gasteiger partial charge on any atom is 0.203 e. The summed E-state index contributed by atoms with van der Waals surface area (Å²) < 4.78 is 18.0. The topological polar surface area (TPSA) is 105 Å². The van der Waals surface area contributed by atoms with Crippen LogP contribution in [0.5, 0.6) is 17.2 Å². The minimum atomic E-state index is -0.0852. The fraction of sp³-hybridized carbons (Fsp3) is 0.368. The van der Waals surface area contributed by atoms with Gasteiger partial charge in [0.1, 0.15) is 5.82 Å². The van der Waals surface area contributed by atoms with Gasteiger partial charge >= 0.3 is 0 Å². The number of nitrogens with one attached hydrogen (secondary N) is 1. The van der Waals surface area contributed by atoms with Crippen LogP contribution >= 0.6 is 0 Å². The van der Waals surface area contributed by atoms with Gasteiger partial charge in [0.05, 0.1) is 27.5 Å². The molecule has 0 aliphatic carbocycles. The first-order valence-electron chi connectivity index (χ1n) is 8.29. The van der Waals surface area contributed by atoms with Gasteiger partial charge in [-0.25, -0.2) is 9.50 Å². The minimum Gasteiger partial charge on any atom is -0.493 e. The number of hydrogen-bond donors (Lipinski definition) is 2. The number of rotatable bonds is 5. The Morgan fingerprint density at radius 3 is 2.15 bits per heavy atom. The third kappa shape index (κ3) is 4.06. The van der Waals surface area contributed by atoms with Crippen molar-refractivity contribution in [3.8, 4) is 28.4 Å². The maximum absolute atomic E-state index is 5.45. The highest BCUT2D eigenvalue weighted by Crippen LogP contribution is 2.41. The number of fused-ring (bicyclic) bond motifs is 1. The number of hydrogen-bond acceptors (Lipinski definition) is 7. The van der Waals surface area contributed by atoms with Crippen LogP contribution in [0.1, 0.15) is 20.8 Å². The van der Waals surface area contributed by atoms with Crippen molar-refractivity contribution in [3.63, 3.8) is 0 Å². The van der Waals surface area contributed by atoms with E-state index in [1.165, 1.54) is 0 Å². The second-order valence-corrected chi connectivity index (χ2v) is 6.93. The Labute approximate surface area is 159 Å². The van der Waals surface area contributed by atoms with Gasteiger partial charge in [0.15, 0.2) is 17.1 Å². The van der Waals surface area contributed by atoms with Crippen molar-refractivity contribution in [1.82, 2.24) is 20.7 Å². The molecule has 3 rings (SSSR count). The third-order valence-corrected chi connectivity index (χ3v) is 3.85. The van der Waals surface area contributed by atoms with E-state index in [-0.39, 0.29) is 11.7 Å². The number of aromatic nitrogens is 3. The molecule has 3 aromatic rings. The van der Waals surface area contributed by atoms with E-state index in [4.69, 9.17) is 19.2 Å². The second kappa shape index (κ2) is 7.71. The molecule has 2 aromatic heterocycles. The summed E-state index contributed by atoms with van der Waals surface area (Å²) in [5, 5.41) is 7.78. The number of anilines is 1. The summed E-state index contributed by atoms with van der Waals surface area (Å²) in [5.74, 6) is 2.52. The molecule has 0 radical (unpaired) electrons. The van der Waals surface area contributed by atoms with Crippen molar-refractivity contribution in [2.45, 2.75) is 26.3 Å². The molecule has 0 aliphatic heterocycles. The van der Waals surface area contributed by atoms with Gasteiger partial charge in [-0.1, -0.05) is 0 Å². The molecule has 0 fully saturated rings. The standard InChI is InChI=1S/C19H24N4O3.H3N/c1-19(2,3)22-16-7-8-23-18(21-16)13(11-20-23)12-9-14(24-4)17(26-6)15(10-12)25-5;/h7-11H,1-6H3,(H,21,22);1H3. The smallest absolute Gasteiger partial charge is 0.203 e. The van der Waals surface area contributed by atoms with E-state index < -0.39 is 0 Å². The molecule has 0 unspecified atom stereocenters. The van der Waals surface area contributed by atoms with Crippen LogP contribution < -0.4 is 25.7 Å². The lowest BCUT2D eigenvalue weighted by Gasteiger charge is -2.21. The average molecular weight is 373 g/mol. The first kappa shape index (κ1) is 20.3. The molecule has 0 saturated heterocycles. The predicted molar refractivity (Wildman–Crippen MR) is 106 cm³/mol. The quantitative estimate of drug-likeness (QED) is 0.701. The minimum absolute atomic E-state index is 0. The van der Waals surface area contributed by atoms with Crippen molar-refractivity contribution in [2.75, 3.05) is 26.6 Å². The highest BCUT2D eigenvalue weighted by Gasteiger charge is 2.18. The second-order valence-electron chi connectivity index (χ2n) is 6.93. The summed E-state index contributed by atoms with van der Waals surface area (Å²) in [6, 6.07) is 5.69. The van der Waals surface area contributed by atoms with E-state index >= 15 is 0 Å². The van der Waals surface area contributed by atoms with Gasteiger partial charge < -0.3 is 25.7 Å². The lowest BCUT2D eigenvalue weighted by atomic mass is 10.1. The zero-order chi connectivity index (χ0) is 18.9. The van der Waals surface area contributed by atoms with E-state index in [0.717, 1.165) is 22.6 Å². The molecule has 27 heavy (non-hydrogen) atoms. The zero-order valence-electron chi connectivity index (χ0n) is 16.7. The van der Waals surface area contributed by atoms with E-state index in [1.54, 1.807) is 32.0 Å². The van der Waals surface area contributed by atoms with Crippen molar-refractivity contribution in [1.29, 1.82) is 0 Å². The first-order chi connectivity index (χ1) is 12.4. The van der Waals surface area contributed by atoms with Crippen LogP contribution in [0.4, 0.5) is 5.82 Å².